The average Bonchev–Trinajstić information content (AvgIpc) is 2.86. The fourth-order valence-electron chi connectivity index (χ4n) is 3.41. The molecule has 1 aromatic heterocycles. The molecule has 2 aliphatic rings. The lowest BCUT2D eigenvalue weighted by Crippen LogP contribution is -2.40. The highest BCUT2D eigenvalue weighted by atomic mass is 15.3. The van der Waals surface area contributed by atoms with Crippen LogP contribution in [0, 0.1) is 0 Å². The molecule has 1 atom stereocenters. The van der Waals surface area contributed by atoms with Crippen molar-refractivity contribution in [2.24, 2.45) is 7.05 Å². The van der Waals surface area contributed by atoms with E-state index in [-0.39, 0.29) is 0 Å². The number of piperidine rings is 1. The Morgan fingerprint density at radius 2 is 2.06 bits per heavy atom. The summed E-state index contributed by atoms with van der Waals surface area (Å²) < 4.78 is 2.04. The van der Waals surface area contributed by atoms with E-state index in [1.54, 1.807) is 0 Å². The molecule has 1 saturated heterocycles. The molecule has 18 heavy (non-hydrogen) atoms. The number of aryl methyl sites for hydroxylation is 1. The second-order valence-corrected chi connectivity index (χ2v) is 5.62. The molecule has 2 heterocycles. The summed E-state index contributed by atoms with van der Waals surface area (Å²) in [5.41, 5.74) is 1.41. The molecule has 1 aliphatic heterocycles. The van der Waals surface area contributed by atoms with E-state index >= 15 is 0 Å². The first-order valence-corrected chi connectivity index (χ1v) is 7.23. The fraction of sp³-hybridized carbons (Fsp3) is 0.667. The van der Waals surface area contributed by atoms with Crippen LogP contribution >= 0.6 is 0 Å². The third kappa shape index (κ3) is 2.37. The summed E-state index contributed by atoms with van der Waals surface area (Å²) in [6.45, 7) is 2.48. The number of rotatable bonds is 2. The van der Waals surface area contributed by atoms with Gasteiger partial charge in [-0.15, -0.1) is 0 Å². The highest BCUT2D eigenvalue weighted by Crippen LogP contribution is 2.29. The highest BCUT2D eigenvalue weighted by molar-refractivity contribution is 5.09. The van der Waals surface area contributed by atoms with Gasteiger partial charge in [-0.2, -0.15) is 5.10 Å². The van der Waals surface area contributed by atoms with E-state index in [1.165, 1.54) is 50.9 Å². The van der Waals surface area contributed by atoms with Crippen molar-refractivity contribution in [3.63, 3.8) is 0 Å². The Morgan fingerprint density at radius 3 is 2.67 bits per heavy atom. The van der Waals surface area contributed by atoms with Gasteiger partial charge in [0.05, 0.1) is 0 Å². The van der Waals surface area contributed by atoms with Crippen LogP contribution in [0.15, 0.2) is 24.4 Å². The van der Waals surface area contributed by atoms with Crippen LogP contribution in [0.3, 0.4) is 0 Å². The SMILES string of the molecule is Cn1nccc1C1CCN([C@@H]2C=CCCC2)CC1. The molecule has 3 heteroatoms. The van der Waals surface area contributed by atoms with Crippen molar-refractivity contribution in [1.29, 1.82) is 0 Å². The van der Waals surface area contributed by atoms with E-state index in [0.717, 1.165) is 0 Å². The van der Waals surface area contributed by atoms with Crippen LogP contribution in [-0.4, -0.2) is 33.8 Å². The number of hydrogen-bond acceptors (Lipinski definition) is 2. The molecule has 1 aromatic rings. The van der Waals surface area contributed by atoms with Gasteiger partial charge in [0, 0.05) is 30.9 Å². The molecule has 3 nitrogen and oxygen atoms in total. The van der Waals surface area contributed by atoms with Crippen molar-refractivity contribution in [1.82, 2.24) is 14.7 Å². The smallest absolute Gasteiger partial charge is 0.0492 e. The van der Waals surface area contributed by atoms with Crippen LogP contribution in [0.2, 0.25) is 0 Å². The summed E-state index contributed by atoms with van der Waals surface area (Å²) in [7, 11) is 2.06. The Balaban J connectivity index is 1.59. The molecule has 1 fully saturated rings. The van der Waals surface area contributed by atoms with Crippen LogP contribution < -0.4 is 0 Å². The van der Waals surface area contributed by atoms with Gasteiger partial charge in [-0.25, -0.2) is 0 Å². The Morgan fingerprint density at radius 1 is 1.22 bits per heavy atom. The Bertz CT molecular complexity index is 413. The summed E-state index contributed by atoms with van der Waals surface area (Å²) >= 11 is 0. The number of likely N-dealkylation sites (tertiary alicyclic amines) is 1. The van der Waals surface area contributed by atoms with Gasteiger partial charge in [0.15, 0.2) is 0 Å². The number of allylic oxidation sites excluding steroid dienone is 1. The quantitative estimate of drug-likeness (QED) is 0.747. The number of hydrogen-bond donors (Lipinski definition) is 0. The molecule has 0 aromatic carbocycles. The molecule has 0 radical (unpaired) electrons. The molecule has 1 aliphatic carbocycles. The van der Waals surface area contributed by atoms with Gasteiger partial charge in [-0.1, -0.05) is 12.2 Å². The normalized spacial score (nSPS) is 26.6. The van der Waals surface area contributed by atoms with Crippen LogP contribution in [0.1, 0.15) is 43.7 Å². The molecule has 3 rings (SSSR count). The average molecular weight is 245 g/mol. The van der Waals surface area contributed by atoms with E-state index in [0.29, 0.717) is 12.0 Å². The van der Waals surface area contributed by atoms with Crippen molar-refractivity contribution in [3.8, 4) is 0 Å². The van der Waals surface area contributed by atoms with Gasteiger partial charge >= 0.3 is 0 Å². The summed E-state index contributed by atoms with van der Waals surface area (Å²) in [4.78, 5) is 2.67. The first-order chi connectivity index (χ1) is 8.84. The summed E-state index contributed by atoms with van der Waals surface area (Å²) in [5.74, 6) is 0.710. The van der Waals surface area contributed by atoms with Gasteiger partial charge < -0.3 is 0 Å². The van der Waals surface area contributed by atoms with E-state index in [1.807, 2.05) is 10.9 Å². The first kappa shape index (κ1) is 12.0. The molecular formula is C15H23N3. The zero-order valence-electron chi connectivity index (χ0n) is 11.3. The summed E-state index contributed by atoms with van der Waals surface area (Å²) in [6.07, 6.45) is 13.3. The van der Waals surface area contributed by atoms with Gasteiger partial charge in [-0.3, -0.25) is 9.58 Å². The molecule has 0 spiro atoms. The minimum atomic E-state index is 0.710. The lowest BCUT2D eigenvalue weighted by molar-refractivity contribution is 0.164. The zero-order valence-corrected chi connectivity index (χ0v) is 11.3. The second-order valence-electron chi connectivity index (χ2n) is 5.62. The second kappa shape index (κ2) is 5.27. The van der Waals surface area contributed by atoms with Crippen LogP contribution in [0.4, 0.5) is 0 Å². The van der Waals surface area contributed by atoms with Crippen LogP contribution in [0.25, 0.3) is 0 Å². The first-order valence-electron chi connectivity index (χ1n) is 7.23. The summed E-state index contributed by atoms with van der Waals surface area (Å²) in [5, 5.41) is 4.29. The lowest BCUT2D eigenvalue weighted by atomic mass is 9.91. The van der Waals surface area contributed by atoms with Crippen molar-refractivity contribution in [2.75, 3.05) is 13.1 Å². The number of aromatic nitrogens is 2. The van der Waals surface area contributed by atoms with E-state index in [9.17, 15) is 0 Å². The Labute approximate surface area is 109 Å². The molecule has 0 unspecified atom stereocenters. The maximum atomic E-state index is 4.29. The maximum absolute atomic E-state index is 4.29. The van der Waals surface area contributed by atoms with Gasteiger partial charge in [-0.05, 0) is 51.3 Å². The Hall–Kier alpha value is -1.09. The van der Waals surface area contributed by atoms with Crippen LogP contribution in [0.5, 0.6) is 0 Å². The topological polar surface area (TPSA) is 21.1 Å². The zero-order chi connectivity index (χ0) is 12.4. The van der Waals surface area contributed by atoms with Gasteiger partial charge in [0.1, 0.15) is 0 Å². The highest BCUT2D eigenvalue weighted by Gasteiger charge is 2.26. The molecular weight excluding hydrogens is 222 g/mol. The lowest BCUT2D eigenvalue weighted by Gasteiger charge is -2.37. The predicted molar refractivity (Wildman–Crippen MR) is 73.5 cm³/mol. The van der Waals surface area contributed by atoms with Crippen molar-refractivity contribution in [2.45, 2.75) is 44.1 Å². The monoisotopic (exact) mass is 245 g/mol. The van der Waals surface area contributed by atoms with Crippen molar-refractivity contribution >= 4 is 0 Å². The van der Waals surface area contributed by atoms with Gasteiger partial charge in [0.2, 0.25) is 0 Å². The minimum absolute atomic E-state index is 0.710. The van der Waals surface area contributed by atoms with E-state index < -0.39 is 0 Å². The maximum Gasteiger partial charge on any atom is 0.0492 e. The third-order valence-corrected chi connectivity index (χ3v) is 4.50. The molecule has 98 valence electrons. The van der Waals surface area contributed by atoms with Crippen LogP contribution in [-0.2, 0) is 7.05 Å². The van der Waals surface area contributed by atoms with Gasteiger partial charge in [0.25, 0.3) is 0 Å². The predicted octanol–water partition coefficient (Wildman–Crippen LogP) is 2.71. The Kier molecular flexibility index (Phi) is 3.50. The largest absolute Gasteiger partial charge is 0.297 e. The molecule has 0 bridgehead atoms. The number of nitrogens with zero attached hydrogens (tertiary/aromatic N) is 3. The van der Waals surface area contributed by atoms with Crippen molar-refractivity contribution < 1.29 is 0 Å². The van der Waals surface area contributed by atoms with E-state index in [2.05, 4.69) is 35.3 Å². The summed E-state index contributed by atoms with van der Waals surface area (Å²) in [6, 6.07) is 2.90. The standard InChI is InChI=1S/C15H23N3/c1-17-15(7-10-16-17)13-8-11-18(12-9-13)14-5-3-2-4-6-14/h3,5,7,10,13-14H,2,4,6,8-9,11-12H2,1H3/t14-/m1/s1. The van der Waals surface area contributed by atoms with E-state index in [4.69, 9.17) is 0 Å². The minimum Gasteiger partial charge on any atom is -0.297 e. The molecule has 0 saturated carbocycles. The molecule has 0 amide bonds. The van der Waals surface area contributed by atoms with Crippen molar-refractivity contribution in [3.05, 3.63) is 30.1 Å². The third-order valence-electron chi connectivity index (χ3n) is 4.50. The molecule has 0 N–H and O–H groups in total. The fourth-order valence-corrected chi connectivity index (χ4v) is 3.41.